The summed E-state index contributed by atoms with van der Waals surface area (Å²) in [6, 6.07) is 51.2. The number of fused-ring (bicyclic) bond motifs is 7. The first kappa shape index (κ1) is 22.1. The van der Waals surface area contributed by atoms with Crippen LogP contribution in [-0.4, -0.2) is 4.57 Å². The highest BCUT2D eigenvalue weighted by Crippen LogP contribution is 2.49. The van der Waals surface area contributed by atoms with Gasteiger partial charge in [0.2, 0.25) is 0 Å². The molecule has 0 spiro atoms. The lowest BCUT2D eigenvalue weighted by Gasteiger charge is -2.21. The molecule has 1 nitrogen and oxygen atoms in total. The van der Waals surface area contributed by atoms with Crippen LogP contribution in [0.2, 0.25) is 0 Å². The van der Waals surface area contributed by atoms with Gasteiger partial charge in [0.1, 0.15) is 0 Å². The third kappa shape index (κ3) is 3.05. The molecule has 7 aromatic carbocycles. The van der Waals surface area contributed by atoms with Crippen molar-refractivity contribution >= 4 is 55.1 Å². The van der Waals surface area contributed by atoms with Crippen LogP contribution in [0.15, 0.2) is 149 Å². The average Bonchev–Trinajstić information content (AvgIpc) is 3.37. The van der Waals surface area contributed by atoms with Crippen LogP contribution in [-0.2, 0) is 0 Å². The third-order valence-electron chi connectivity index (χ3n) is 8.36. The van der Waals surface area contributed by atoms with Crippen LogP contribution in [0.1, 0.15) is 0 Å². The second-order valence-corrected chi connectivity index (χ2v) is 11.6. The Morgan fingerprint density at radius 1 is 0.425 bits per heavy atom. The maximum atomic E-state index is 2.48. The van der Waals surface area contributed by atoms with Crippen molar-refractivity contribution < 1.29 is 0 Å². The molecular weight excluding hydrogens is 502 g/mol. The first-order chi connectivity index (χ1) is 19.8. The molecule has 0 aliphatic carbocycles. The average molecular weight is 526 g/mol. The van der Waals surface area contributed by atoms with E-state index in [-0.39, 0.29) is 0 Å². The lowest BCUT2D eigenvalue weighted by Crippen LogP contribution is -1.97. The van der Waals surface area contributed by atoms with Gasteiger partial charge in [-0.15, -0.1) is 0 Å². The van der Waals surface area contributed by atoms with E-state index < -0.39 is 0 Å². The summed E-state index contributed by atoms with van der Waals surface area (Å²) in [7, 11) is 0. The minimum Gasteiger partial charge on any atom is -0.308 e. The van der Waals surface area contributed by atoms with Crippen LogP contribution in [0.5, 0.6) is 0 Å². The summed E-state index contributed by atoms with van der Waals surface area (Å²) in [5, 5.41) is 7.76. The zero-order chi connectivity index (χ0) is 26.2. The molecule has 0 saturated heterocycles. The quantitative estimate of drug-likeness (QED) is 0.217. The Balaban J connectivity index is 1.39. The molecule has 186 valence electrons. The Labute approximate surface area is 236 Å². The van der Waals surface area contributed by atoms with E-state index >= 15 is 0 Å². The normalized spacial score (nSPS) is 12.4. The van der Waals surface area contributed by atoms with Crippen LogP contribution in [0.4, 0.5) is 0 Å². The molecule has 2 heterocycles. The van der Waals surface area contributed by atoms with Crippen molar-refractivity contribution in [2.24, 2.45) is 0 Å². The second kappa shape index (κ2) is 8.35. The summed E-state index contributed by atoms with van der Waals surface area (Å²) in [4.78, 5) is 2.66. The second-order valence-electron chi connectivity index (χ2n) is 10.5. The number of hydrogen-bond donors (Lipinski definition) is 0. The zero-order valence-corrected chi connectivity index (χ0v) is 22.5. The number of benzene rings is 7. The van der Waals surface area contributed by atoms with Gasteiger partial charge in [-0.3, -0.25) is 0 Å². The van der Waals surface area contributed by atoms with E-state index in [9.17, 15) is 0 Å². The number of rotatable bonds is 2. The molecule has 40 heavy (non-hydrogen) atoms. The largest absolute Gasteiger partial charge is 0.308 e. The molecule has 0 N–H and O–H groups in total. The van der Waals surface area contributed by atoms with Crippen LogP contribution < -0.4 is 0 Å². The van der Waals surface area contributed by atoms with Gasteiger partial charge in [-0.2, -0.15) is 0 Å². The highest BCUT2D eigenvalue weighted by atomic mass is 32.2. The molecule has 0 amide bonds. The Morgan fingerprint density at radius 2 is 1.15 bits per heavy atom. The molecule has 0 fully saturated rings. The van der Waals surface area contributed by atoms with Gasteiger partial charge in [-0.1, -0.05) is 121 Å². The van der Waals surface area contributed by atoms with Crippen molar-refractivity contribution in [3.05, 3.63) is 140 Å². The van der Waals surface area contributed by atoms with Crippen LogP contribution in [0, 0.1) is 0 Å². The molecule has 8 aromatic rings. The monoisotopic (exact) mass is 525 g/mol. The van der Waals surface area contributed by atoms with Gasteiger partial charge in [0.05, 0.1) is 11.0 Å². The Kier molecular flexibility index (Phi) is 4.61. The zero-order valence-electron chi connectivity index (χ0n) is 21.6. The fraction of sp³-hybridized carbons (Fsp3) is 0. The van der Waals surface area contributed by atoms with E-state index in [2.05, 4.69) is 144 Å². The van der Waals surface area contributed by atoms with E-state index in [0.29, 0.717) is 0 Å². The van der Waals surface area contributed by atoms with E-state index in [4.69, 9.17) is 0 Å². The van der Waals surface area contributed by atoms with Gasteiger partial charge in [0.25, 0.3) is 0 Å². The van der Waals surface area contributed by atoms with Gasteiger partial charge in [0, 0.05) is 42.6 Å². The summed E-state index contributed by atoms with van der Waals surface area (Å²) in [6.07, 6.45) is 0. The summed E-state index contributed by atoms with van der Waals surface area (Å²) < 4.78 is 2.48. The smallest absolute Gasteiger partial charge is 0.0619 e. The standard InChI is InChI=1S/C38H23NS/c1-2-12-27(13-3-1)39-37-28-14-5-4-9-24(28)19-21-32(37)31-17-8-15-29(38(31)39)26-20-22-34-33(23-26)30-16-6-10-25-11-7-18-35(40-34)36(25)30/h1-23H. The topological polar surface area (TPSA) is 4.93 Å². The maximum absolute atomic E-state index is 2.48. The highest BCUT2D eigenvalue weighted by molar-refractivity contribution is 7.99. The lowest BCUT2D eigenvalue weighted by atomic mass is 9.94. The van der Waals surface area contributed by atoms with E-state index in [1.165, 1.54) is 81.1 Å². The van der Waals surface area contributed by atoms with Gasteiger partial charge < -0.3 is 4.57 Å². The van der Waals surface area contributed by atoms with Crippen molar-refractivity contribution in [1.82, 2.24) is 4.57 Å². The minimum absolute atomic E-state index is 1.18. The molecule has 9 rings (SSSR count). The van der Waals surface area contributed by atoms with Gasteiger partial charge in [0.15, 0.2) is 0 Å². The Bertz CT molecular complexity index is 2290. The van der Waals surface area contributed by atoms with Gasteiger partial charge >= 0.3 is 0 Å². The molecule has 0 atom stereocenters. The summed E-state index contributed by atoms with van der Waals surface area (Å²) in [6.45, 7) is 0. The van der Waals surface area contributed by atoms with Crippen molar-refractivity contribution in [2.45, 2.75) is 9.79 Å². The van der Waals surface area contributed by atoms with E-state index in [1.807, 2.05) is 11.8 Å². The fourth-order valence-corrected chi connectivity index (χ4v) is 7.75. The number of nitrogens with zero attached hydrogens (tertiary/aromatic N) is 1. The first-order valence-corrected chi connectivity index (χ1v) is 14.5. The number of hydrogen-bond acceptors (Lipinski definition) is 1. The van der Waals surface area contributed by atoms with Crippen molar-refractivity contribution in [1.29, 1.82) is 0 Å². The summed E-state index contributed by atoms with van der Waals surface area (Å²) >= 11 is 1.88. The number of para-hydroxylation sites is 2. The van der Waals surface area contributed by atoms with Crippen LogP contribution >= 0.6 is 11.8 Å². The van der Waals surface area contributed by atoms with Crippen molar-refractivity contribution in [2.75, 3.05) is 0 Å². The Hall–Kier alpha value is -4.79. The molecule has 0 unspecified atom stereocenters. The maximum Gasteiger partial charge on any atom is 0.0619 e. The first-order valence-electron chi connectivity index (χ1n) is 13.7. The van der Waals surface area contributed by atoms with Gasteiger partial charge in [-0.25, -0.2) is 0 Å². The van der Waals surface area contributed by atoms with Crippen molar-refractivity contribution in [3.8, 4) is 27.9 Å². The van der Waals surface area contributed by atoms with E-state index in [0.717, 1.165) is 0 Å². The molecule has 0 bridgehead atoms. The Morgan fingerprint density at radius 3 is 2.08 bits per heavy atom. The van der Waals surface area contributed by atoms with Crippen LogP contribution in [0.3, 0.4) is 0 Å². The van der Waals surface area contributed by atoms with Gasteiger partial charge in [-0.05, 0) is 57.8 Å². The van der Waals surface area contributed by atoms with E-state index in [1.54, 1.807) is 0 Å². The molecule has 0 saturated carbocycles. The fourth-order valence-electron chi connectivity index (χ4n) is 6.63. The van der Waals surface area contributed by atoms with Crippen molar-refractivity contribution in [3.63, 3.8) is 0 Å². The number of aromatic nitrogens is 1. The molecule has 2 heteroatoms. The molecule has 0 radical (unpaired) electrons. The lowest BCUT2D eigenvalue weighted by molar-refractivity contribution is 1.19. The molecule has 1 aromatic heterocycles. The predicted octanol–water partition coefficient (Wildman–Crippen LogP) is 10.9. The minimum atomic E-state index is 1.18. The molecule has 1 aliphatic heterocycles. The molecule has 1 aliphatic rings. The summed E-state index contributed by atoms with van der Waals surface area (Å²) in [5.41, 5.74) is 8.83. The SMILES string of the molecule is c1ccc(-n2c3c(-c4ccc5c(c4)-c4cccc6cccc(c46)S5)cccc3c3ccc4ccccc4c32)cc1. The summed E-state index contributed by atoms with van der Waals surface area (Å²) in [5.74, 6) is 0. The molecular formula is C38H23NS. The highest BCUT2D eigenvalue weighted by Gasteiger charge is 2.22. The van der Waals surface area contributed by atoms with Crippen LogP contribution in [0.25, 0.3) is 71.3 Å². The predicted molar refractivity (Wildman–Crippen MR) is 171 cm³/mol. The third-order valence-corrected chi connectivity index (χ3v) is 9.49.